The Morgan fingerprint density at radius 1 is 1.25 bits per heavy atom. The quantitative estimate of drug-likeness (QED) is 0.754. The Bertz CT molecular complexity index is 390. The van der Waals surface area contributed by atoms with Crippen LogP contribution in [-0.4, -0.2) is 44.3 Å². The zero-order valence-corrected chi connectivity index (χ0v) is 13.2. The van der Waals surface area contributed by atoms with Crippen molar-refractivity contribution < 1.29 is 9.47 Å². The number of nitrogens with two attached hydrogens (primary N) is 1. The van der Waals surface area contributed by atoms with Gasteiger partial charge < -0.3 is 20.1 Å². The van der Waals surface area contributed by atoms with Crippen molar-refractivity contribution in [1.29, 1.82) is 0 Å². The molecule has 2 N–H and O–H groups in total. The van der Waals surface area contributed by atoms with E-state index in [-0.39, 0.29) is 6.04 Å². The van der Waals surface area contributed by atoms with Crippen LogP contribution in [0.15, 0.2) is 18.2 Å². The van der Waals surface area contributed by atoms with Gasteiger partial charge in [0.25, 0.3) is 0 Å². The van der Waals surface area contributed by atoms with Crippen molar-refractivity contribution in [2.45, 2.75) is 33.2 Å². The lowest BCUT2D eigenvalue weighted by atomic mass is 10.1. The summed E-state index contributed by atoms with van der Waals surface area (Å²) in [4.78, 5) is 2.34. The van der Waals surface area contributed by atoms with Gasteiger partial charge in [0.05, 0.1) is 7.11 Å². The van der Waals surface area contributed by atoms with Crippen LogP contribution in [0.4, 0.5) is 0 Å². The van der Waals surface area contributed by atoms with Crippen molar-refractivity contribution in [1.82, 2.24) is 4.90 Å². The lowest BCUT2D eigenvalue weighted by Gasteiger charge is -2.19. The van der Waals surface area contributed by atoms with E-state index in [1.807, 2.05) is 25.1 Å². The maximum Gasteiger partial charge on any atom is 0.126 e. The molecule has 1 rings (SSSR count). The van der Waals surface area contributed by atoms with Gasteiger partial charge in [-0.1, -0.05) is 19.9 Å². The molecule has 114 valence electrons. The largest absolute Gasteiger partial charge is 0.497 e. The van der Waals surface area contributed by atoms with E-state index in [9.17, 15) is 0 Å². The van der Waals surface area contributed by atoms with Gasteiger partial charge in [-0.25, -0.2) is 0 Å². The molecule has 0 radical (unpaired) electrons. The Morgan fingerprint density at radius 2 is 1.95 bits per heavy atom. The fourth-order valence-electron chi connectivity index (χ4n) is 2.14. The van der Waals surface area contributed by atoms with Gasteiger partial charge in [0.15, 0.2) is 0 Å². The van der Waals surface area contributed by atoms with Crippen molar-refractivity contribution in [3.8, 4) is 11.5 Å². The molecule has 0 heterocycles. The van der Waals surface area contributed by atoms with Crippen LogP contribution < -0.4 is 15.2 Å². The van der Waals surface area contributed by atoms with Crippen molar-refractivity contribution in [3.63, 3.8) is 0 Å². The van der Waals surface area contributed by atoms with Gasteiger partial charge in [-0.15, -0.1) is 0 Å². The van der Waals surface area contributed by atoms with Gasteiger partial charge in [0.2, 0.25) is 0 Å². The Kier molecular flexibility index (Phi) is 7.41. The van der Waals surface area contributed by atoms with Crippen LogP contribution in [-0.2, 0) is 6.42 Å². The van der Waals surface area contributed by atoms with Crippen LogP contribution in [0.5, 0.6) is 11.5 Å². The molecule has 0 aromatic heterocycles. The van der Waals surface area contributed by atoms with E-state index >= 15 is 0 Å². The minimum absolute atomic E-state index is 0.119. The Labute approximate surface area is 122 Å². The predicted molar refractivity (Wildman–Crippen MR) is 83.6 cm³/mol. The highest BCUT2D eigenvalue weighted by Crippen LogP contribution is 2.25. The summed E-state index contributed by atoms with van der Waals surface area (Å²) in [6.45, 7) is 10.0. The summed E-state index contributed by atoms with van der Waals surface area (Å²) in [5.41, 5.74) is 7.03. The highest BCUT2D eigenvalue weighted by molar-refractivity contribution is 5.41. The molecule has 0 spiro atoms. The van der Waals surface area contributed by atoms with Crippen molar-refractivity contribution in [2.75, 3.05) is 33.4 Å². The second kappa shape index (κ2) is 8.82. The number of ether oxygens (including phenoxy) is 2. The third kappa shape index (κ3) is 5.39. The molecule has 4 nitrogen and oxygen atoms in total. The van der Waals surface area contributed by atoms with E-state index in [0.717, 1.165) is 43.1 Å². The molecule has 0 aliphatic heterocycles. The predicted octanol–water partition coefficient (Wildman–Crippen LogP) is 2.31. The molecular formula is C16H28N2O2. The van der Waals surface area contributed by atoms with E-state index in [2.05, 4.69) is 18.7 Å². The molecule has 0 fully saturated rings. The molecule has 1 unspecified atom stereocenters. The third-order valence-electron chi connectivity index (χ3n) is 3.38. The summed E-state index contributed by atoms with van der Waals surface area (Å²) in [5, 5.41) is 0. The number of hydrogen-bond donors (Lipinski definition) is 1. The summed E-state index contributed by atoms with van der Waals surface area (Å²) in [6, 6.07) is 6.05. The SMILES string of the molecule is CCN(CC)CCOc1cc(OC)ccc1CC(C)N. The van der Waals surface area contributed by atoms with Crippen molar-refractivity contribution in [3.05, 3.63) is 23.8 Å². The standard InChI is InChI=1S/C16H28N2O2/c1-5-18(6-2)9-10-20-16-12-15(19-4)8-7-14(16)11-13(3)17/h7-8,12-13H,5-6,9-11,17H2,1-4H3. The van der Waals surface area contributed by atoms with Crippen LogP contribution >= 0.6 is 0 Å². The molecule has 0 aliphatic carbocycles. The van der Waals surface area contributed by atoms with E-state index in [0.29, 0.717) is 6.61 Å². The molecule has 0 amide bonds. The Balaban J connectivity index is 2.69. The first-order chi connectivity index (χ1) is 9.60. The molecule has 0 saturated heterocycles. The number of hydrogen-bond acceptors (Lipinski definition) is 4. The molecule has 1 aromatic carbocycles. The highest BCUT2D eigenvalue weighted by atomic mass is 16.5. The van der Waals surface area contributed by atoms with Crippen LogP contribution in [0.3, 0.4) is 0 Å². The smallest absolute Gasteiger partial charge is 0.126 e. The molecular weight excluding hydrogens is 252 g/mol. The topological polar surface area (TPSA) is 47.7 Å². The number of methoxy groups -OCH3 is 1. The lowest BCUT2D eigenvalue weighted by Crippen LogP contribution is -2.28. The van der Waals surface area contributed by atoms with E-state index in [1.54, 1.807) is 7.11 Å². The fraction of sp³-hybridized carbons (Fsp3) is 0.625. The molecule has 4 heteroatoms. The monoisotopic (exact) mass is 280 g/mol. The molecule has 0 saturated carbocycles. The first kappa shape index (κ1) is 16.8. The van der Waals surface area contributed by atoms with Gasteiger partial charge >= 0.3 is 0 Å². The van der Waals surface area contributed by atoms with E-state index in [1.165, 1.54) is 0 Å². The maximum absolute atomic E-state index is 5.94. The molecule has 0 bridgehead atoms. The average molecular weight is 280 g/mol. The summed E-state index contributed by atoms with van der Waals surface area (Å²) in [6.07, 6.45) is 0.810. The minimum atomic E-state index is 0.119. The van der Waals surface area contributed by atoms with Crippen LogP contribution in [0.1, 0.15) is 26.3 Å². The number of nitrogens with zero attached hydrogens (tertiary/aromatic N) is 1. The zero-order chi connectivity index (χ0) is 15.0. The lowest BCUT2D eigenvalue weighted by molar-refractivity contribution is 0.221. The second-order valence-corrected chi connectivity index (χ2v) is 5.03. The van der Waals surface area contributed by atoms with Gasteiger partial charge in [-0.05, 0) is 38.1 Å². The second-order valence-electron chi connectivity index (χ2n) is 5.03. The van der Waals surface area contributed by atoms with Gasteiger partial charge in [0.1, 0.15) is 18.1 Å². The summed E-state index contributed by atoms with van der Waals surface area (Å²) >= 11 is 0. The van der Waals surface area contributed by atoms with Crippen LogP contribution in [0.2, 0.25) is 0 Å². The van der Waals surface area contributed by atoms with E-state index in [4.69, 9.17) is 15.2 Å². The van der Waals surface area contributed by atoms with Crippen LogP contribution in [0.25, 0.3) is 0 Å². The molecule has 1 atom stereocenters. The van der Waals surface area contributed by atoms with E-state index < -0.39 is 0 Å². The first-order valence-corrected chi connectivity index (χ1v) is 7.38. The molecule has 1 aromatic rings. The maximum atomic E-state index is 5.94. The fourth-order valence-corrected chi connectivity index (χ4v) is 2.14. The normalized spacial score (nSPS) is 12.5. The zero-order valence-electron chi connectivity index (χ0n) is 13.2. The number of rotatable bonds is 9. The molecule has 20 heavy (non-hydrogen) atoms. The summed E-state index contributed by atoms with van der Waals surface area (Å²) in [7, 11) is 1.67. The van der Waals surface area contributed by atoms with Gasteiger partial charge in [0, 0.05) is 18.7 Å². The van der Waals surface area contributed by atoms with Crippen molar-refractivity contribution in [2.24, 2.45) is 5.73 Å². The van der Waals surface area contributed by atoms with Gasteiger partial charge in [-0.3, -0.25) is 0 Å². The third-order valence-corrected chi connectivity index (χ3v) is 3.38. The highest BCUT2D eigenvalue weighted by Gasteiger charge is 2.09. The minimum Gasteiger partial charge on any atom is -0.497 e. The van der Waals surface area contributed by atoms with Crippen molar-refractivity contribution >= 4 is 0 Å². The van der Waals surface area contributed by atoms with Crippen LogP contribution in [0, 0.1) is 0 Å². The number of benzene rings is 1. The first-order valence-electron chi connectivity index (χ1n) is 7.38. The summed E-state index contributed by atoms with van der Waals surface area (Å²) < 4.78 is 11.2. The Hall–Kier alpha value is -1.26. The Morgan fingerprint density at radius 3 is 2.50 bits per heavy atom. The van der Waals surface area contributed by atoms with Gasteiger partial charge in [-0.2, -0.15) is 0 Å². The summed E-state index contributed by atoms with van der Waals surface area (Å²) in [5.74, 6) is 1.70. The number of likely N-dealkylation sites (N-methyl/N-ethyl adjacent to an activating group) is 1. The average Bonchev–Trinajstić information content (AvgIpc) is 2.44. The molecule has 0 aliphatic rings.